The first kappa shape index (κ1) is 16.4. The highest BCUT2D eigenvalue weighted by atomic mass is 19.1. The van der Waals surface area contributed by atoms with Crippen molar-refractivity contribution in [2.45, 2.75) is 25.1 Å². The number of carbonyl (C=O) groups excluding carboxylic acids is 2. The van der Waals surface area contributed by atoms with Crippen LogP contribution in [-0.4, -0.2) is 60.2 Å². The number of hydrogen-bond acceptors (Lipinski definition) is 4. The summed E-state index contributed by atoms with van der Waals surface area (Å²) in [4.78, 5) is 30.3. The van der Waals surface area contributed by atoms with Gasteiger partial charge in [-0.25, -0.2) is 4.39 Å². The first-order valence-electron chi connectivity index (χ1n) is 8.84. The van der Waals surface area contributed by atoms with E-state index in [1.165, 1.54) is 6.20 Å². The van der Waals surface area contributed by atoms with Crippen molar-refractivity contribution in [1.29, 1.82) is 0 Å². The van der Waals surface area contributed by atoms with Crippen molar-refractivity contribution in [1.82, 2.24) is 15.2 Å². The first-order chi connectivity index (χ1) is 12.1. The van der Waals surface area contributed by atoms with Crippen LogP contribution in [0.25, 0.3) is 0 Å². The molecular formula is C18H22FN3O3. The number of alkyl halides is 1. The Morgan fingerprint density at radius 2 is 2.20 bits per heavy atom. The molecule has 1 aromatic rings. The third-order valence-electron chi connectivity index (χ3n) is 5.63. The van der Waals surface area contributed by atoms with Crippen molar-refractivity contribution in [2.24, 2.45) is 17.8 Å². The van der Waals surface area contributed by atoms with Crippen molar-refractivity contribution in [3.05, 3.63) is 30.1 Å². The maximum absolute atomic E-state index is 13.0. The van der Waals surface area contributed by atoms with Crippen LogP contribution in [0.1, 0.15) is 23.2 Å². The van der Waals surface area contributed by atoms with Gasteiger partial charge in [0.25, 0.3) is 5.91 Å². The molecule has 3 heterocycles. The van der Waals surface area contributed by atoms with Gasteiger partial charge >= 0.3 is 0 Å². The zero-order chi connectivity index (χ0) is 17.4. The third kappa shape index (κ3) is 3.25. The molecule has 0 unspecified atom stereocenters. The predicted octanol–water partition coefficient (Wildman–Crippen LogP) is 1.03. The van der Waals surface area contributed by atoms with Gasteiger partial charge in [-0.2, -0.15) is 0 Å². The zero-order valence-corrected chi connectivity index (χ0v) is 13.9. The lowest BCUT2D eigenvalue weighted by atomic mass is 9.82. The van der Waals surface area contributed by atoms with E-state index in [1.807, 2.05) is 4.90 Å². The molecule has 1 aliphatic carbocycles. The number of aromatic nitrogens is 1. The van der Waals surface area contributed by atoms with Gasteiger partial charge in [0.05, 0.1) is 18.3 Å². The van der Waals surface area contributed by atoms with Crippen LogP contribution in [0.15, 0.2) is 24.5 Å². The van der Waals surface area contributed by atoms with Gasteiger partial charge in [0.2, 0.25) is 5.91 Å². The average Bonchev–Trinajstić information content (AvgIpc) is 3.18. The molecule has 1 N–H and O–H groups in total. The summed E-state index contributed by atoms with van der Waals surface area (Å²) in [5, 5.41) is 2.94. The van der Waals surface area contributed by atoms with Crippen molar-refractivity contribution < 1.29 is 18.7 Å². The number of likely N-dealkylation sites (tertiary alicyclic amines) is 1. The fourth-order valence-electron chi connectivity index (χ4n) is 4.02. The Morgan fingerprint density at radius 3 is 2.92 bits per heavy atom. The van der Waals surface area contributed by atoms with Crippen molar-refractivity contribution in [3.8, 4) is 0 Å². The molecular weight excluding hydrogens is 325 g/mol. The van der Waals surface area contributed by atoms with Crippen LogP contribution in [-0.2, 0) is 9.53 Å². The molecule has 7 heteroatoms. The normalized spacial score (nSPS) is 33.6. The standard InChI is InChI=1S/C18H22FN3O3/c19-14-4-12(5-14)18(24)22-8-15-13(10-25-16(15)9-22)7-21-17(23)11-2-1-3-20-6-11/h1-3,6,12-16H,4-5,7-10H2,(H,21,23)/t12?,13-,14?,15+,16+/m0/s1. The molecule has 1 aromatic heterocycles. The van der Waals surface area contributed by atoms with Gasteiger partial charge in [0, 0.05) is 49.8 Å². The Labute approximate surface area is 145 Å². The third-order valence-corrected chi connectivity index (χ3v) is 5.63. The van der Waals surface area contributed by atoms with E-state index in [0.717, 1.165) is 0 Å². The van der Waals surface area contributed by atoms with E-state index in [4.69, 9.17) is 4.74 Å². The molecule has 6 nitrogen and oxygen atoms in total. The lowest BCUT2D eigenvalue weighted by Gasteiger charge is -2.32. The van der Waals surface area contributed by atoms with Gasteiger partial charge in [-0.15, -0.1) is 0 Å². The highest BCUT2D eigenvalue weighted by Gasteiger charge is 2.47. The first-order valence-corrected chi connectivity index (χ1v) is 8.84. The molecule has 2 aliphatic heterocycles. The van der Waals surface area contributed by atoms with E-state index < -0.39 is 6.17 Å². The number of ether oxygens (including phenoxy) is 1. The fraction of sp³-hybridized carbons (Fsp3) is 0.611. The summed E-state index contributed by atoms with van der Waals surface area (Å²) in [6, 6.07) is 3.45. The molecule has 3 fully saturated rings. The summed E-state index contributed by atoms with van der Waals surface area (Å²) in [7, 11) is 0. The quantitative estimate of drug-likeness (QED) is 0.883. The summed E-state index contributed by atoms with van der Waals surface area (Å²) >= 11 is 0. The number of nitrogens with one attached hydrogen (secondary N) is 1. The van der Waals surface area contributed by atoms with Gasteiger partial charge in [-0.3, -0.25) is 14.6 Å². The molecule has 2 saturated heterocycles. The molecule has 0 bridgehead atoms. The largest absolute Gasteiger partial charge is 0.376 e. The topological polar surface area (TPSA) is 71.5 Å². The molecule has 0 spiro atoms. The number of nitrogens with zero attached hydrogens (tertiary/aromatic N) is 2. The number of amides is 2. The maximum atomic E-state index is 13.0. The summed E-state index contributed by atoms with van der Waals surface area (Å²) < 4.78 is 18.8. The number of rotatable bonds is 4. The monoisotopic (exact) mass is 347 g/mol. The van der Waals surface area contributed by atoms with Crippen LogP contribution in [0.5, 0.6) is 0 Å². The summed E-state index contributed by atoms with van der Waals surface area (Å²) in [6.07, 6.45) is 3.10. The van der Waals surface area contributed by atoms with Crippen LogP contribution in [0.4, 0.5) is 4.39 Å². The lowest BCUT2D eigenvalue weighted by molar-refractivity contribution is -0.140. The van der Waals surface area contributed by atoms with E-state index in [2.05, 4.69) is 10.3 Å². The highest BCUT2D eigenvalue weighted by molar-refractivity contribution is 5.93. The van der Waals surface area contributed by atoms with E-state index in [-0.39, 0.29) is 35.7 Å². The Bertz CT molecular complexity index is 650. The van der Waals surface area contributed by atoms with Crippen molar-refractivity contribution in [3.63, 3.8) is 0 Å². The van der Waals surface area contributed by atoms with Gasteiger partial charge in [0.15, 0.2) is 0 Å². The minimum atomic E-state index is -0.817. The minimum absolute atomic E-state index is 0.0329. The summed E-state index contributed by atoms with van der Waals surface area (Å²) in [6.45, 7) is 2.35. The van der Waals surface area contributed by atoms with Crippen LogP contribution in [0, 0.1) is 17.8 Å². The van der Waals surface area contributed by atoms with E-state index in [9.17, 15) is 14.0 Å². The molecule has 25 heavy (non-hydrogen) atoms. The predicted molar refractivity (Wildman–Crippen MR) is 87.5 cm³/mol. The smallest absolute Gasteiger partial charge is 0.252 e. The van der Waals surface area contributed by atoms with Gasteiger partial charge in [0.1, 0.15) is 6.17 Å². The molecule has 3 aliphatic rings. The van der Waals surface area contributed by atoms with Gasteiger partial charge < -0.3 is 15.0 Å². The molecule has 1 saturated carbocycles. The molecule has 2 amide bonds. The number of fused-ring (bicyclic) bond motifs is 1. The van der Waals surface area contributed by atoms with E-state index in [1.54, 1.807) is 18.3 Å². The maximum Gasteiger partial charge on any atom is 0.252 e. The Hall–Kier alpha value is -2.02. The Kier molecular flexibility index (Phi) is 4.41. The Morgan fingerprint density at radius 1 is 1.36 bits per heavy atom. The highest BCUT2D eigenvalue weighted by Crippen LogP contribution is 2.37. The lowest BCUT2D eigenvalue weighted by Crippen LogP contribution is -2.42. The SMILES string of the molecule is O=C(NC[C@H]1CO[C@@H]2CN(C(=O)C3CC(F)C3)C[C@H]12)c1cccnc1. The zero-order valence-electron chi connectivity index (χ0n) is 13.9. The van der Waals surface area contributed by atoms with E-state index in [0.29, 0.717) is 44.6 Å². The van der Waals surface area contributed by atoms with Gasteiger partial charge in [-0.05, 0) is 25.0 Å². The van der Waals surface area contributed by atoms with Crippen LogP contribution in [0.3, 0.4) is 0 Å². The van der Waals surface area contributed by atoms with E-state index >= 15 is 0 Å². The second-order valence-electron chi connectivity index (χ2n) is 7.26. The fourth-order valence-corrected chi connectivity index (χ4v) is 4.02. The minimum Gasteiger partial charge on any atom is -0.376 e. The van der Waals surface area contributed by atoms with Gasteiger partial charge in [-0.1, -0.05) is 0 Å². The summed E-state index contributed by atoms with van der Waals surface area (Å²) in [5.41, 5.74) is 0.534. The van der Waals surface area contributed by atoms with Crippen LogP contribution in [0.2, 0.25) is 0 Å². The molecule has 0 radical (unpaired) electrons. The second-order valence-corrected chi connectivity index (χ2v) is 7.26. The number of carbonyl (C=O) groups is 2. The molecule has 4 rings (SSSR count). The second kappa shape index (κ2) is 6.71. The molecule has 134 valence electrons. The number of hydrogen-bond donors (Lipinski definition) is 1. The van der Waals surface area contributed by atoms with Crippen LogP contribution >= 0.6 is 0 Å². The Balaban J connectivity index is 1.30. The van der Waals surface area contributed by atoms with Crippen molar-refractivity contribution in [2.75, 3.05) is 26.2 Å². The number of halogens is 1. The van der Waals surface area contributed by atoms with Crippen molar-refractivity contribution >= 4 is 11.8 Å². The average molecular weight is 347 g/mol. The number of pyridine rings is 1. The molecule has 0 aromatic carbocycles. The van der Waals surface area contributed by atoms with Crippen LogP contribution < -0.4 is 5.32 Å². The summed E-state index contributed by atoms with van der Waals surface area (Å²) in [5.74, 6) is 0.187. The molecule has 3 atom stereocenters.